The Kier molecular flexibility index (Phi) is 2.92. The third-order valence-corrected chi connectivity index (χ3v) is 3.81. The molecule has 2 aromatic rings. The van der Waals surface area contributed by atoms with E-state index in [9.17, 15) is 4.79 Å². The number of ketones is 1. The van der Waals surface area contributed by atoms with E-state index >= 15 is 0 Å². The van der Waals surface area contributed by atoms with E-state index in [2.05, 4.69) is 6.07 Å². The molecule has 18 heavy (non-hydrogen) atoms. The lowest BCUT2D eigenvalue weighted by Gasteiger charge is -2.23. The number of hydrogen-bond donors (Lipinski definition) is 0. The van der Waals surface area contributed by atoms with Gasteiger partial charge in [-0.1, -0.05) is 48.0 Å². The molecule has 90 valence electrons. The molecule has 0 spiro atoms. The number of carbonyl (C=O) groups excluding carboxylic acids is 1. The van der Waals surface area contributed by atoms with Crippen molar-refractivity contribution in [1.82, 2.24) is 0 Å². The van der Waals surface area contributed by atoms with Crippen LogP contribution in [-0.4, -0.2) is 5.78 Å². The first-order chi connectivity index (χ1) is 8.74. The summed E-state index contributed by atoms with van der Waals surface area (Å²) in [4.78, 5) is 12.1. The Bertz CT molecular complexity index is 586. The smallest absolute Gasteiger partial charge is 0.163 e. The Morgan fingerprint density at radius 3 is 2.44 bits per heavy atom. The normalized spacial score (nSPS) is 18.5. The Labute approximate surface area is 111 Å². The molecule has 0 aromatic heterocycles. The molecule has 0 N–H and O–H groups in total. The van der Waals surface area contributed by atoms with Gasteiger partial charge in [0.1, 0.15) is 0 Å². The molecule has 1 atom stereocenters. The molecule has 0 unspecified atom stereocenters. The second kappa shape index (κ2) is 4.58. The summed E-state index contributed by atoms with van der Waals surface area (Å²) in [5, 5.41) is 0.737. The molecule has 0 saturated heterocycles. The van der Waals surface area contributed by atoms with Crippen LogP contribution >= 0.6 is 11.6 Å². The minimum absolute atomic E-state index is 0.247. The lowest BCUT2D eigenvalue weighted by atomic mass is 9.79. The number of halogens is 1. The SMILES string of the molecule is O=C1C[C@H](c2ccc(Cl)cc2)Cc2ccccc21. The molecular weight excluding hydrogens is 244 g/mol. The highest BCUT2D eigenvalue weighted by atomic mass is 35.5. The minimum Gasteiger partial charge on any atom is -0.294 e. The Morgan fingerprint density at radius 1 is 0.944 bits per heavy atom. The minimum atomic E-state index is 0.247. The van der Waals surface area contributed by atoms with Gasteiger partial charge in [0.25, 0.3) is 0 Å². The highest BCUT2D eigenvalue weighted by molar-refractivity contribution is 6.30. The maximum Gasteiger partial charge on any atom is 0.163 e. The van der Waals surface area contributed by atoms with E-state index < -0.39 is 0 Å². The van der Waals surface area contributed by atoms with Crippen LogP contribution in [0.5, 0.6) is 0 Å². The highest BCUT2D eigenvalue weighted by Crippen LogP contribution is 2.32. The van der Waals surface area contributed by atoms with Crippen molar-refractivity contribution in [1.29, 1.82) is 0 Å². The first-order valence-corrected chi connectivity index (χ1v) is 6.48. The van der Waals surface area contributed by atoms with Gasteiger partial charge in [0.15, 0.2) is 5.78 Å². The molecule has 1 aliphatic carbocycles. The molecule has 0 aliphatic heterocycles. The van der Waals surface area contributed by atoms with E-state index in [4.69, 9.17) is 11.6 Å². The topological polar surface area (TPSA) is 17.1 Å². The molecule has 3 rings (SSSR count). The number of fused-ring (bicyclic) bond motifs is 1. The summed E-state index contributed by atoms with van der Waals surface area (Å²) in [6.07, 6.45) is 1.53. The van der Waals surface area contributed by atoms with Gasteiger partial charge in [-0.25, -0.2) is 0 Å². The van der Waals surface area contributed by atoms with Crippen LogP contribution in [0.3, 0.4) is 0 Å². The monoisotopic (exact) mass is 256 g/mol. The Hall–Kier alpha value is -1.60. The Morgan fingerprint density at radius 2 is 1.67 bits per heavy atom. The highest BCUT2D eigenvalue weighted by Gasteiger charge is 2.25. The van der Waals surface area contributed by atoms with Crippen LogP contribution in [0, 0.1) is 0 Å². The number of Topliss-reactive ketones (excluding diaryl/α,β-unsaturated/α-hetero) is 1. The average molecular weight is 257 g/mol. The van der Waals surface area contributed by atoms with Gasteiger partial charge in [0.05, 0.1) is 0 Å². The first-order valence-electron chi connectivity index (χ1n) is 6.10. The van der Waals surface area contributed by atoms with E-state index in [1.807, 2.05) is 42.5 Å². The lowest BCUT2D eigenvalue weighted by molar-refractivity contribution is 0.0964. The lowest BCUT2D eigenvalue weighted by Crippen LogP contribution is -2.18. The maximum atomic E-state index is 12.1. The maximum absolute atomic E-state index is 12.1. The Balaban J connectivity index is 1.94. The third kappa shape index (κ3) is 2.06. The first kappa shape index (κ1) is 11.5. The van der Waals surface area contributed by atoms with Crippen LogP contribution in [0.15, 0.2) is 48.5 Å². The van der Waals surface area contributed by atoms with Crippen molar-refractivity contribution in [3.63, 3.8) is 0 Å². The summed E-state index contributed by atoms with van der Waals surface area (Å²) >= 11 is 5.89. The van der Waals surface area contributed by atoms with Gasteiger partial charge < -0.3 is 0 Å². The predicted octanol–water partition coefficient (Wildman–Crippen LogP) is 4.25. The average Bonchev–Trinajstić information content (AvgIpc) is 2.39. The predicted molar refractivity (Wildman–Crippen MR) is 73.3 cm³/mol. The van der Waals surface area contributed by atoms with E-state index in [1.54, 1.807) is 0 Å². The number of hydrogen-bond acceptors (Lipinski definition) is 1. The van der Waals surface area contributed by atoms with Crippen molar-refractivity contribution >= 4 is 17.4 Å². The fourth-order valence-electron chi connectivity index (χ4n) is 2.61. The summed E-state index contributed by atoms with van der Waals surface area (Å²) in [5.41, 5.74) is 3.25. The second-order valence-corrected chi connectivity index (χ2v) is 5.17. The molecule has 1 aliphatic rings. The molecule has 0 bridgehead atoms. The van der Waals surface area contributed by atoms with Gasteiger partial charge in [0, 0.05) is 17.0 Å². The van der Waals surface area contributed by atoms with Gasteiger partial charge in [-0.2, -0.15) is 0 Å². The molecule has 2 heteroatoms. The molecule has 0 fully saturated rings. The van der Waals surface area contributed by atoms with Crippen LogP contribution in [-0.2, 0) is 6.42 Å². The zero-order chi connectivity index (χ0) is 12.5. The fourth-order valence-corrected chi connectivity index (χ4v) is 2.74. The summed E-state index contributed by atoms with van der Waals surface area (Å²) in [5.74, 6) is 0.529. The summed E-state index contributed by atoms with van der Waals surface area (Å²) in [6, 6.07) is 15.7. The summed E-state index contributed by atoms with van der Waals surface area (Å²) in [7, 11) is 0. The van der Waals surface area contributed by atoms with Crippen LogP contribution < -0.4 is 0 Å². The van der Waals surface area contributed by atoms with Gasteiger partial charge in [-0.05, 0) is 35.6 Å². The van der Waals surface area contributed by atoms with E-state index in [-0.39, 0.29) is 11.7 Å². The summed E-state index contributed by atoms with van der Waals surface area (Å²) < 4.78 is 0. The van der Waals surface area contributed by atoms with Crippen molar-refractivity contribution < 1.29 is 4.79 Å². The van der Waals surface area contributed by atoms with Crippen molar-refractivity contribution in [2.45, 2.75) is 18.8 Å². The number of benzene rings is 2. The molecule has 1 nitrogen and oxygen atoms in total. The molecule has 0 heterocycles. The van der Waals surface area contributed by atoms with E-state index in [0.29, 0.717) is 6.42 Å². The van der Waals surface area contributed by atoms with Gasteiger partial charge >= 0.3 is 0 Å². The van der Waals surface area contributed by atoms with Crippen LogP contribution in [0.1, 0.15) is 33.8 Å². The quantitative estimate of drug-likeness (QED) is 0.745. The molecule has 0 radical (unpaired) electrons. The fraction of sp³-hybridized carbons (Fsp3) is 0.188. The van der Waals surface area contributed by atoms with Crippen LogP contribution in [0.2, 0.25) is 5.02 Å². The molecular formula is C16H13ClO. The third-order valence-electron chi connectivity index (χ3n) is 3.56. The molecule has 2 aromatic carbocycles. The van der Waals surface area contributed by atoms with Gasteiger partial charge in [-0.15, -0.1) is 0 Å². The van der Waals surface area contributed by atoms with Gasteiger partial charge in [-0.3, -0.25) is 4.79 Å². The molecule has 0 amide bonds. The zero-order valence-electron chi connectivity index (χ0n) is 9.90. The molecule has 0 saturated carbocycles. The van der Waals surface area contributed by atoms with Crippen molar-refractivity contribution in [2.24, 2.45) is 0 Å². The van der Waals surface area contributed by atoms with Crippen LogP contribution in [0.25, 0.3) is 0 Å². The standard InChI is InChI=1S/C16H13ClO/c17-14-7-5-11(6-8-14)13-9-12-3-1-2-4-15(12)16(18)10-13/h1-8,13H,9-10H2/t13-/m1/s1. The van der Waals surface area contributed by atoms with E-state index in [1.165, 1.54) is 5.56 Å². The second-order valence-electron chi connectivity index (χ2n) is 4.74. The van der Waals surface area contributed by atoms with Crippen molar-refractivity contribution in [3.8, 4) is 0 Å². The van der Waals surface area contributed by atoms with E-state index in [0.717, 1.165) is 22.6 Å². The van der Waals surface area contributed by atoms with Crippen molar-refractivity contribution in [2.75, 3.05) is 0 Å². The number of carbonyl (C=O) groups is 1. The zero-order valence-corrected chi connectivity index (χ0v) is 10.7. The summed E-state index contributed by atoms with van der Waals surface area (Å²) in [6.45, 7) is 0. The number of rotatable bonds is 1. The van der Waals surface area contributed by atoms with Crippen LogP contribution in [0.4, 0.5) is 0 Å². The largest absolute Gasteiger partial charge is 0.294 e. The van der Waals surface area contributed by atoms with Crippen molar-refractivity contribution in [3.05, 3.63) is 70.2 Å². The van der Waals surface area contributed by atoms with Gasteiger partial charge in [0.2, 0.25) is 0 Å².